The van der Waals surface area contributed by atoms with Crippen molar-refractivity contribution in [2.45, 2.75) is 80.1 Å². The maximum atomic E-state index is 12.5. The molecule has 102 heavy (non-hydrogen) atoms. The highest BCUT2D eigenvalue weighted by Crippen LogP contribution is 2.42. The first kappa shape index (κ1) is 80.0. The summed E-state index contributed by atoms with van der Waals surface area (Å²) in [5.74, 6) is -2.39. The molecule has 532 valence electrons. The summed E-state index contributed by atoms with van der Waals surface area (Å²) in [7, 11) is 4.58. The van der Waals surface area contributed by atoms with E-state index in [2.05, 4.69) is 6.58 Å². The first-order valence-electron chi connectivity index (χ1n) is 31.8. The minimum absolute atomic E-state index is 0.0848. The lowest BCUT2D eigenvalue weighted by atomic mass is 9.83. The van der Waals surface area contributed by atoms with Crippen molar-refractivity contribution in [3.63, 3.8) is 0 Å². The number of methoxy groups -OCH3 is 3. The van der Waals surface area contributed by atoms with Crippen molar-refractivity contribution in [2.75, 3.05) is 21.3 Å². The van der Waals surface area contributed by atoms with E-state index in [-0.39, 0.29) is 92.4 Å². The zero-order valence-electron chi connectivity index (χ0n) is 58.6. The number of carbonyl (C=O) groups excluding carboxylic acids is 4. The molecule has 0 aliphatic heterocycles. The minimum Gasteiger partial charge on any atom is -0.508 e. The van der Waals surface area contributed by atoms with Gasteiger partial charge in [0, 0.05) is 68.6 Å². The molecule has 0 amide bonds. The largest absolute Gasteiger partial charge is 0.508 e. The predicted molar refractivity (Wildman–Crippen MR) is 397 cm³/mol. The van der Waals surface area contributed by atoms with Gasteiger partial charge in [-0.1, -0.05) is 91.3 Å². The Labute approximate surface area is 593 Å². The van der Waals surface area contributed by atoms with E-state index in [1.807, 2.05) is 67.5 Å². The molecule has 8 aromatic carbocycles. The van der Waals surface area contributed by atoms with E-state index in [1.54, 1.807) is 104 Å². The van der Waals surface area contributed by atoms with E-state index in [4.69, 9.17) is 14.2 Å². The van der Waals surface area contributed by atoms with Crippen molar-refractivity contribution in [1.82, 2.24) is 0 Å². The second-order valence-corrected chi connectivity index (χ2v) is 24.3. The highest BCUT2D eigenvalue weighted by Gasteiger charge is 2.25. The van der Waals surface area contributed by atoms with Crippen LogP contribution in [0, 0.1) is 0 Å². The number of aromatic hydroxyl groups is 12. The molecular weight excluding hydrogens is 1300 g/mol. The third-order valence-electron chi connectivity index (χ3n) is 15.5. The molecule has 0 aliphatic carbocycles. The molecule has 0 saturated carbocycles. The van der Waals surface area contributed by atoms with Crippen molar-refractivity contribution in [2.24, 2.45) is 0 Å². The Bertz CT molecular complexity index is 4550. The standard InChI is InChI=1S/2C21H22O5.C21H22O4.C20H20O5/c1-13(2)4-10-16-18(23)12-19(24)20(21(16)25)17(22)11-7-14-5-8-15(26-3)9-6-14;1-13(2)4-8-17-19(24)11-6-14(21(17)26-3)5-10-18(23)16-9-7-15(22)12-20(16)25;1-5-21(2,3)17-12-15(20(25-4)13-19(17)24)8-11-18(23)14-6-9-16(22)10-7-14;1-12(2)3-9-15-17(23)11-18(24)19(20(15)25)16(22)10-6-13-4-7-14(21)8-5-13/h4-9,11-12,23-25H,10H2,1-3H3;4-7,9-12,22,24-25H,8H2,1-3H3;5-13,22,24H,1H2,2-4H3;3-8,10-11,21,23-25H,9H2,1-2H3/b11-7+;10-5+;11-8+;10-6+. The molecule has 0 aliphatic rings. The van der Waals surface area contributed by atoms with E-state index in [0.717, 1.165) is 40.5 Å². The number of phenolic OH excluding ortho intramolecular Hbond substituents is 12. The average molecular weight is 1390 g/mol. The van der Waals surface area contributed by atoms with E-state index in [0.29, 0.717) is 57.1 Å². The van der Waals surface area contributed by atoms with Crippen molar-refractivity contribution < 1.29 is 94.7 Å². The predicted octanol–water partition coefficient (Wildman–Crippen LogP) is 16.8. The summed E-state index contributed by atoms with van der Waals surface area (Å²) in [6, 6.07) is 31.8. The SMILES string of the molecule is C=CC(C)(C)c1cc(/C=C/C(=O)c2ccc(O)cc2)c(OC)cc1O.CC(C)=CCc1c(O)cc(O)c(C(=O)/C=C/c2ccc(O)cc2)c1O.COc1c(/C=C/C(=O)c2ccc(O)cc2O)ccc(O)c1CC=C(C)C.COc1ccc(/C=C/C(=O)c2c(O)cc(O)c(CC=C(C)C)c2O)cc1. The fourth-order valence-electron chi connectivity index (χ4n) is 9.58. The van der Waals surface area contributed by atoms with E-state index >= 15 is 0 Å². The fraction of sp³-hybridized carbons (Fsp3) is 0.181. The summed E-state index contributed by atoms with van der Waals surface area (Å²) in [4.78, 5) is 49.4. The lowest BCUT2D eigenvalue weighted by Gasteiger charge is -2.23. The van der Waals surface area contributed by atoms with Crippen molar-refractivity contribution in [1.29, 1.82) is 0 Å². The molecule has 0 unspecified atom stereocenters. The number of ketones is 4. The monoisotopic (exact) mass is 1390 g/mol. The minimum atomic E-state index is -0.596. The van der Waals surface area contributed by atoms with Crippen LogP contribution in [0.25, 0.3) is 24.3 Å². The first-order chi connectivity index (χ1) is 48.2. The second-order valence-electron chi connectivity index (χ2n) is 24.3. The zero-order chi connectivity index (χ0) is 75.7. The lowest BCUT2D eigenvalue weighted by Crippen LogP contribution is -2.13. The van der Waals surface area contributed by atoms with Gasteiger partial charge in [0.15, 0.2) is 23.1 Å². The molecular formula is C83H86O19. The van der Waals surface area contributed by atoms with Crippen LogP contribution >= 0.6 is 0 Å². The summed E-state index contributed by atoms with van der Waals surface area (Å²) >= 11 is 0. The zero-order valence-corrected chi connectivity index (χ0v) is 58.6. The molecule has 0 radical (unpaired) electrons. The van der Waals surface area contributed by atoms with Crippen LogP contribution in [0.15, 0.2) is 199 Å². The Morgan fingerprint density at radius 1 is 0.402 bits per heavy atom. The third-order valence-corrected chi connectivity index (χ3v) is 15.5. The van der Waals surface area contributed by atoms with Gasteiger partial charge in [-0.25, -0.2) is 0 Å². The Balaban J connectivity index is 0.000000245. The van der Waals surface area contributed by atoms with Crippen molar-refractivity contribution in [3.05, 3.63) is 266 Å². The van der Waals surface area contributed by atoms with Crippen LogP contribution < -0.4 is 14.2 Å². The average Bonchev–Trinajstić information content (AvgIpc) is 0.801. The Morgan fingerprint density at radius 3 is 1.29 bits per heavy atom. The molecule has 12 N–H and O–H groups in total. The number of ether oxygens (including phenoxy) is 3. The van der Waals surface area contributed by atoms with Gasteiger partial charge < -0.3 is 75.5 Å². The van der Waals surface area contributed by atoms with Gasteiger partial charge in [-0.2, -0.15) is 0 Å². The molecule has 0 saturated heterocycles. The third kappa shape index (κ3) is 22.7. The van der Waals surface area contributed by atoms with Gasteiger partial charge in [0.05, 0.1) is 26.9 Å². The summed E-state index contributed by atoms with van der Waals surface area (Å²) in [5, 5.41) is 119. The number of hydrogen-bond donors (Lipinski definition) is 12. The molecule has 0 atom stereocenters. The van der Waals surface area contributed by atoms with E-state index in [1.165, 1.54) is 87.1 Å². The van der Waals surface area contributed by atoms with Crippen molar-refractivity contribution in [3.8, 4) is 86.2 Å². The van der Waals surface area contributed by atoms with Crippen LogP contribution in [0.3, 0.4) is 0 Å². The molecule has 19 heteroatoms. The van der Waals surface area contributed by atoms with Crippen LogP contribution in [0.1, 0.15) is 141 Å². The highest BCUT2D eigenvalue weighted by atomic mass is 16.5. The Hall–Kier alpha value is -12.6. The van der Waals surface area contributed by atoms with Gasteiger partial charge in [0.25, 0.3) is 0 Å². The number of hydrogen-bond acceptors (Lipinski definition) is 19. The first-order valence-corrected chi connectivity index (χ1v) is 31.8. The van der Waals surface area contributed by atoms with Gasteiger partial charge in [-0.05, 0) is 187 Å². The molecule has 19 nitrogen and oxygen atoms in total. The maximum Gasteiger partial charge on any atom is 0.193 e. The topological polar surface area (TPSA) is 339 Å². The van der Waals surface area contributed by atoms with Gasteiger partial charge in [-0.3, -0.25) is 19.2 Å². The molecule has 8 rings (SSSR count). The summed E-state index contributed by atoms with van der Waals surface area (Å²) in [5.41, 5.74) is 7.21. The van der Waals surface area contributed by atoms with Crippen molar-refractivity contribution >= 4 is 47.4 Å². The molecule has 0 fully saturated rings. The Morgan fingerprint density at radius 2 is 0.843 bits per heavy atom. The molecule has 8 aromatic rings. The number of rotatable bonds is 23. The number of phenols is 12. The molecule has 0 spiro atoms. The van der Waals surface area contributed by atoms with Crippen LogP contribution in [0.2, 0.25) is 0 Å². The van der Waals surface area contributed by atoms with Crippen LogP contribution in [0.5, 0.6) is 86.2 Å². The smallest absolute Gasteiger partial charge is 0.193 e. The lowest BCUT2D eigenvalue weighted by molar-refractivity contribution is 0.103. The van der Waals surface area contributed by atoms with Gasteiger partial charge >= 0.3 is 0 Å². The van der Waals surface area contributed by atoms with Gasteiger partial charge in [-0.15, -0.1) is 6.58 Å². The summed E-state index contributed by atoms with van der Waals surface area (Å²) < 4.78 is 15.8. The van der Waals surface area contributed by atoms with Gasteiger partial charge in [0.1, 0.15) is 97.4 Å². The number of allylic oxidation sites excluding steroid dienone is 11. The molecule has 0 aromatic heterocycles. The van der Waals surface area contributed by atoms with E-state index in [9.17, 15) is 80.5 Å². The summed E-state index contributed by atoms with van der Waals surface area (Å²) in [6.45, 7) is 19.2. The second kappa shape index (κ2) is 37.4. The van der Waals surface area contributed by atoms with Crippen LogP contribution in [-0.2, 0) is 24.7 Å². The highest BCUT2D eigenvalue weighted by molar-refractivity contribution is 6.12. The Kier molecular flexibility index (Phi) is 29.3. The van der Waals surface area contributed by atoms with Crippen LogP contribution in [0.4, 0.5) is 0 Å². The number of carbonyl (C=O) groups is 4. The fourth-order valence-corrected chi connectivity index (χ4v) is 9.58. The van der Waals surface area contributed by atoms with E-state index < -0.39 is 45.8 Å². The quantitative estimate of drug-likeness (QED) is 0.0161. The number of benzene rings is 8. The molecule has 0 bridgehead atoms. The molecule has 0 heterocycles. The summed E-state index contributed by atoms with van der Waals surface area (Å²) in [6.07, 6.45) is 19.9. The normalized spacial score (nSPS) is 10.9. The maximum absolute atomic E-state index is 12.5. The van der Waals surface area contributed by atoms with Crippen LogP contribution in [-0.4, -0.2) is 106 Å². The van der Waals surface area contributed by atoms with Gasteiger partial charge in [0.2, 0.25) is 0 Å².